The number of halogens is 12. The second kappa shape index (κ2) is 18.0. The van der Waals surface area contributed by atoms with Crippen LogP contribution >= 0.6 is 0 Å². The Morgan fingerprint density at radius 2 is 0.725 bits per heavy atom. The van der Waals surface area contributed by atoms with Crippen molar-refractivity contribution in [3.63, 3.8) is 0 Å². The Balaban J connectivity index is 0.000000347. The topological polar surface area (TPSA) is 70.8 Å². The molecule has 0 atom stereocenters. The molecule has 0 unspecified atom stereocenters. The van der Waals surface area contributed by atoms with Gasteiger partial charge >= 0.3 is 44.2 Å². The SMILES string of the molecule is [O-]C(CC(=NC1CCCCC1)c1ccccc1)(C(F)(F)F)C(F)(F)F.[O-]C(CC(=NC1CCCCC1)c1ccccc1)(C(F)(F)F)C(F)(F)F.[Zn+2]. The van der Waals surface area contributed by atoms with Crippen molar-refractivity contribution in [2.24, 2.45) is 9.98 Å². The fourth-order valence-electron chi connectivity index (χ4n) is 5.76. The summed E-state index contributed by atoms with van der Waals surface area (Å²) >= 11 is 0. The number of rotatable bonds is 8. The van der Waals surface area contributed by atoms with Gasteiger partial charge in [-0.1, -0.05) is 99.2 Å². The maximum absolute atomic E-state index is 13.0. The van der Waals surface area contributed by atoms with Crippen LogP contribution in [0.1, 0.15) is 88.2 Å². The molecule has 280 valence electrons. The van der Waals surface area contributed by atoms with Gasteiger partial charge in [-0.05, 0) is 49.7 Å². The minimum atomic E-state index is -5.96. The molecule has 4 nitrogen and oxygen atoms in total. The van der Waals surface area contributed by atoms with Crippen LogP contribution in [0.5, 0.6) is 0 Å². The quantitative estimate of drug-likeness (QED) is 0.152. The molecule has 2 aliphatic rings. The average molecular weight is 798 g/mol. The van der Waals surface area contributed by atoms with E-state index in [1.165, 1.54) is 48.5 Å². The zero-order valence-electron chi connectivity index (χ0n) is 27.4. The number of alkyl halides is 12. The van der Waals surface area contributed by atoms with Crippen molar-refractivity contribution < 1.29 is 82.4 Å². The molecule has 0 saturated heterocycles. The summed E-state index contributed by atoms with van der Waals surface area (Å²) in [5.74, 6) is 0. The van der Waals surface area contributed by atoms with Gasteiger partial charge in [-0.25, -0.2) is 0 Å². The smallest absolute Gasteiger partial charge is 0.836 e. The Hall–Kier alpha value is -2.52. The predicted molar refractivity (Wildman–Crippen MR) is 159 cm³/mol. The molecule has 0 aliphatic heterocycles. The van der Waals surface area contributed by atoms with E-state index in [9.17, 15) is 62.9 Å². The Bertz CT molecular complexity index is 1260. The summed E-state index contributed by atoms with van der Waals surface area (Å²) in [6, 6.07) is 13.9. The van der Waals surface area contributed by atoms with Crippen molar-refractivity contribution >= 4 is 11.4 Å². The molecule has 4 rings (SSSR count). The summed E-state index contributed by atoms with van der Waals surface area (Å²) in [7, 11) is 0. The molecule has 17 heteroatoms. The van der Waals surface area contributed by atoms with Gasteiger partial charge in [-0.15, -0.1) is 0 Å². The van der Waals surface area contributed by atoms with E-state index in [-0.39, 0.29) is 42.7 Å². The summed E-state index contributed by atoms with van der Waals surface area (Å²) in [6.45, 7) is 0. The molecule has 51 heavy (non-hydrogen) atoms. The van der Waals surface area contributed by atoms with Gasteiger partial charge in [0.2, 0.25) is 0 Å². The number of nitrogens with zero attached hydrogens (tertiary/aromatic N) is 2. The zero-order valence-corrected chi connectivity index (χ0v) is 30.3. The summed E-state index contributed by atoms with van der Waals surface area (Å²) in [5, 5.41) is 23.7. The Morgan fingerprint density at radius 3 is 0.961 bits per heavy atom. The molecule has 0 spiro atoms. The van der Waals surface area contributed by atoms with Crippen LogP contribution in [0.3, 0.4) is 0 Å². The van der Waals surface area contributed by atoms with Crippen molar-refractivity contribution in [2.45, 2.75) is 125 Å². The molecule has 0 radical (unpaired) electrons. The minimum Gasteiger partial charge on any atom is -0.836 e. The normalized spacial score (nSPS) is 18.1. The maximum Gasteiger partial charge on any atom is 2.00 e. The van der Waals surface area contributed by atoms with Crippen LogP contribution in [0.4, 0.5) is 52.7 Å². The first-order valence-electron chi connectivity index (χ1n) is 16.0. The number of benzene rings is 2. The van der Waals surface area contributed by atoms with Gasteiger partial charge in [0, 0.05) is 11.4 Å². The van der Waals surface area contributed by atoms with E-state index < -0.39 is 60.2 Å². The van der Waals surface area contributed by atoms with E-state index in [1.807, 2.05) is 0 Å². The molecule has 0 aromatic heterocycles. The van der Waals surface area contributed by atoms with Crippen molar-refractivity contribution in [3.05, 3.63) is 71.8 Å². The molecule has 0 N–H and O–H groups in total. The van der Waals surface area contributed by atoms with Crippen LogP contribution in [0.15, 0.2) is 70.6 Å². The predicted octanol–water partition coefficient (Wildman–Crippen LogP) is 8.84. The van der Waals surface area contributed by atoms with E-state index in [0.29, 0.717) is 25.7 Å². The second-order valence-electron chi connectivity index (χ2n) is 12.5. The third-order valence-corrected chi connectivity index (χ3v) is 8.70. The molecule has 2 aromatic rings. The molecule has 0 bridgehead atoms. The minimum absolute atomic E-state index is 0. The van der Waals surface area contributed by atoms with Crippen molar-refractivity contribution in [1.82, 2.24) is 0 Å². The first kappa shape index (κ1) is 44.6. The van der Waals surface area contributed by atoms with Gasteiger partial charge < -0.3 is 10.2 Å². The molecule has 2 fully saturated rings. The zero-order chi connectivity index (χ0) is 37.4. The van der Waals surface area contributed by atoms with E-state index in [4.69, 9.17) is 0 Å². The van der Waals surface area contributed by atoms with Crippen molar-refractivity contribution in [2.75, 3.05) is 0 Å². The van der Waals surface area contributed by atoms with Crippen LogP contribution in [0.2, 0.25) is 0 Å². The summed E-state index contributed by atoms with van der Waals surface area (Å²) in [4.78, 5) is 8.27. The summed E-state index contributed by atoms with van der Waals surface area (Å²) in [5.41, 5.74) is -10.8. The third kappa shape index (κ3) is 11.7. The number of hydrogen-bond donors (Lipinski definition) is 0. The monoisotopic (exact) mass is 796 g/mol. The van der Waals surface area contributed by atoms with Crippen LogP contribution in [0.25, 0.3) is 0 Å². The molecule has 2 aromatic carbocycles. The van der Waals surface area contributed by atoms with Crippen molar-refractivity contribution in [3.8, 4) is 0 Å². The summed E-state index contributed by atoms with van der Waals surface area (Å²) < 4.78 is 156. The molecular weight excluding hydrogens is 762 g/mol. The standard InChI is InChI=1S/2C17H18F6NO.Zn/c2*18-16(19,20)15(25,17(21,22)23)11-14(12-7-3-1-4-8-12)24-13-9-5-2-6-10-13;/h2*1,3-4,7-8,13H,2,5-6,9-11H2;/q2*-1;+2. The second-order valence-corrected chi connectivity index (χ2v) is 12.5. The van der Waals surface area contributed by atoms with Crippen LogP contribution in [0, 0.1) is 0 Å². The number of hydrogen-bond acceptors (Lipinski definition) is 4. The Labute approximate surface area is 300 Å². The van der Waals surface area contributed by atoms with Gasteiger partial charge in [-0.2, -0.15) is 52.7 Å². The number of aliphatic imine (C=N–C) groups is 2. The van der Waals surface area contributed by atoms with E-state index in [2.05, 4.69) is 9.98 Å². The van der Waals surface area contributed by atoms with E-state index in [0.717, 1.165) is 38.5 Å². The van der Waals surface area contributed by atoms with E-state index in [1.54, 1.807) is 12.1 Å². The Kier molecular flexibility index (Phi) is 15.8. The van der Waals surface area contributed by atoms with Gasteiger partial charge in [0.05, 0.1) is 23.3 Å². The molecule has 2 saturated carbocycles. The summed E-state index contributed by atoms with van der Waals surface area (Å²) in [6.07, 6.45) is -19.8. The fraction of sp³-hybridized carbons (Fsp3) is 0.588. The van der Waals surface area contributed by atoms with Crippen LogP contribution < -0.4 is 10.2 Å². The van der Waals surface area contributed by atoms with Gasteiger partial charge in [0.15, 0.2) is 0 Å². The molecule has 0 amide bonds. The Morgan fingerprint density at radius 1 is 0.471 bits per heavy atom. The third-order valence-electron chi connectivity index (χ3n) is 8.70. The first-order valence-corrected chi connectivity index (χ1v) is 16.0. The van der Waals surface area contributed by atoms with Crippen LogP contribution in [-0.4, -0.2) is 59.4 Å². The van der Waals surface area contributed by atoms with E-state index >= 15 is 0 Å². The van der Waals surface area contributed by atoms with Crippen LogP contribution in [-0.2, 0) is 19.5 Å². The fourth-order valence-corrected chi connectivity index (χ4v) is 5.76. The van der Waals surface area contributed by atoms with Crippen molar-refractivity contribution in [1.29, 1.82) is 0 Å². The molecule has 0 heterocycles. The molecular formula is C34H36F12N2O2Zn. The largest absolute Gasteiger partial charge is 2.00 e. The van der Waals surface area contributed by atoms with Gasteiger partial charge in [0.25, 0.3) is 0 Å². The maximum atomic E-state index is 13.0. The van der Waals surface area contributed by atoms with Gasteiger partial charge in [0.1, 0.15) is 0 Å². The first-order chi connectivity index (χ1) is 23.1. The molecule has 2 aliphatic carbocycles. The average Bonchev–Trinajstić information content (AvgIpc) is 3.04. The van der Waals surface area contributed by atoms with Gasteiger partial charge in [-0.3, -0.25) is 9.98 Å².